The van der Waals surface area contributed by atoms with Crippen LogP contribution in [0.5, 0.6) is 0 Å². The maximum absolute atomic E-state index is 12.3. The number of aliphatic imine (C=N–C) groups is 1. The molecule has 3 heterocycles. The van der Waals surface area contributed by atoms with Gasteiger partial charge in [-0.15, -0.1) is 11.8 Å². The largest absolute Gasteiger partial charge is 0.366 e. The van der Waals surface area contributed by atoms with Gasteiger partial charge in [-0.2, -0.15) is 4.68 Å². The standard InChI is InChI=1S/C10H11IN6O2S/c1-10(11)4-5(8-12-2-3-20-8)6(7(18)13-10)17-9(19)14-15-16-17/h2-4H2,1H3,(H,13,18)(H,14,16,19). The van der Waals surface area contributed by atoms with Gasteiger partial charge in [0.15, 0.2) is 0 Å². The molecule has 0 aromatic carbocycles. The fraction of sp³-hybridized carbons (Fsp3) is 0.500. The van der Waals surface area contributed by atoms with E-state index < -0.39 is 9.24 Å². The van der Waals surface area contributed by atoms with Gasteiger partial charge in [0.05, 0.1) is 8.59 Å². The lowest BCUT2D eigenvalue weighted by molar-refractivity contribution is -0.117. The van der Waals surface area contributed by atoms with Crippen LogP contribution in [0.2, 0.25) is 0 Å². The van der Waals surface area contributed by atoms with Crippen LogP contribution in [0, 0.1) is 0 Å². The fourth-order valence-electron chi connectivity index (χ4n) is 2.16. The summed E-state index contributed by atoms with van der Waals surface area (Å²) in [5.41, 5.74) is 0.434. The van der Waals surface area contributed by atoms with E-state index in [0.717, 1.165) is 27.6 Å². The van der Waals surface area contributed by atoms with Crippen LogP contribution in [0.15, 0.2) is 15.4 Å². The minimum atomic E-state index is -0.534. The number of tetrazole rings is 1. The summed E-state index contributed by atoms with van der Waals surface area (Å²) in [6, 6.07) is 0. The molecule has 8 nitrogen and oxygen atoms in total. The summed E-state index contributed by atoms with van der Waals surface area (Å²) < 4.78 is 0.588. The summed E-state index contributed by atoms with van der Waals surface area (Å²) in [4.78, 5) is 28.5. The number of hydrogen-bond acceptors (Lipinski definition) is 6. The average molecular weight is 406 g/mol. The zero-order chi connectivity index (χ0) is 14.3. The van der Waals surface area contributed by atoms with Gasteiger partial charge in [0.2, 0.25) is 0 Å². The molecule has 1 amide bonds. The molecule has 20 heavy (non-hydrogen) atoms. The molecule has 1 unspecified atom stereocenters. The third-order valence-corrected chi connectivity index (χ3v) is 4.60. The molecule has 0 spiro atoms. The third kappa shape index (κ3) is 2.41. The summed E-state index contributed by atoms with van der Waals surface area (Å²) in [6.07, 6.45) is 0.583. The Hall–Kier alpha value is -1.17. The molecule has 0 aliphatic carbocycles. The number of amides is 1. The molecule has 0 saturated heterocycles. The number of aromatic amines is 1. The van der Waals surface area contributed by atoms with E-state index in [-0.39, 0.29) is 11.6 Å². The van der Waals surface area contributed by atoms with Crippen LogP contribution in [0.3, 0.4) is 0 Å². The lowest BCUT2D eigenvalue weighted by Crippen LogP contribution is -2.48. The van der Waals surface area contributed by atoms with Gasteiger partial charge >= 0.3 is 5.69 Å². The minimum absolute atomic E-state index is 0.214. The zero-order valence-electron chi connectivity index (χ0n) is 10.5. The second-order valence-electron chi connectivity index (χ2n) is 4.61. The molecular weight excluding hydrogens is 395 g/mol. The summed E-state index contributed by atoms with van der Waals surface area (Å²) >= 11 is 3.78. The molecule has 2 aliphatic heterocycles. The van der Waals surface area contributed by atoms with Crippen molar-refractivity contribution in [1.82, 2.24) is 25.5 Å². The number of carbonyl (C=O) groups is 1. The normalized spacial score (nSPS) is 26.7. The maximum atomic E-state index is 12.3. The fourth-order valence-corrected chi connectivity index (χ4v) is 3.68. The van der Waals surface area contributed by atoms with Crippen LogP contribution < -0.4 is 11.0 Å². The number of hydrogen-bond donors (Lipinski definition) is 2. The van der Waals surface area contributed by atoms with Crippen molar-refractivity contribution in [3.8, 4) is 0 Å². The molecule has 0 radical (unpaired) electrons. The predicted molar refractivity (Wildman–Crippen MR) is 83.8 cm³/mol. The van der Waals surface area contributed by atoms with E-state index in [2.05, 4.69) is 48.4 Å². The Balaban J connectivity index is 2.19. The highest BCUT2D eigenvalue weighted by Gasteiger charge is 2.38. The van der Waals surface area contributed by atoms with E-state index in [0.29, 0.717) is 6.42 Å². The van der Waals surface area contributed by atoms with Crippen molar-refractivity contribution in [2.24, 2.45) is 4.99 Å². The van der Waals surface area contributed by atoms with Crippen LogP contribution in [0.25, 0.3) is 5.70 Å². The molecule has 2 aliphatic rings. The highest BCUT2D eigenvalue weighted by atomic mass is 127. The topological polar surface area (TPSA) is 105 Å². The Kier molecular flexibility index (Phi) is 3.44. The van der Waals surface area contributed by atoms with Crippen LogP contribution in [-0.4, -0.2) is 47.0 Å². The Morgan fingerprint density at radius 1 is 1.45 bits per heavy atom. The van der Waals surface area contributed by atoms with Gasteiger partial charge in [-0.25, -0.2) is 9.89 Å². The van der Waals surface area contributed by atoms with Gasteiger partial charge in [0, 0.05) is 24.3 Å². The van der Waals surface area contributed by atoms with Crippen molar-refractivity contribution in [2.75, 3.05) is 12.3 Å². The van der Waals surface area contributed by atoms with Crippen LogP contribution in [-0.2, 0) is 4.79 Å². The number of aromatic nitrogens is 4. The smallest absolute Gasteiger partial charge is 0.336 e. The molecule has 10 heteroatoms. The SMILES string of the molecule is CC1(I)CC(C2=NCCS2)=C(n2nn[nH]c2=O)C(=O)N1. The van der Waals surface area contributed by atoms with Crippen LogP contribution in [0.4, 0.5) is 0 Å². The highest BCUT2D eigenvalue weighted by Crippen LogP contribution is 2.35. The molecule has 0 saturated carbocycles. The number of rotatable bonds is 2. The quantitative estimate of drug-likeness (QED) is 0.409. The molecule has 2 N–H and O–H groups in total. The van der Waals surface area contributed by atoms with E-state index >= 15 is 0 Å². The van der Waals surface area contributed by atoms with Crippen molar-refractivity contribution in [2.45, 2.75) is 16.9 Å². The lowest BCUT2D eigenvalue weighted by atomic mass is 10.0. The molecule has 1 atom stereocenters. The van der Waals surface area contributed by atoms with E-state index in [1.54, 1.807) is 11.8 Å². The van der Waals surface area contributed by atoms with Gasteiger partial charge in [-0.3, -0.25) is 9.79 Å². The third-order valence-electron chi connectivity index (χ3n) is 2.91. The number of alkyl halides is 1. The van der Waals surface area contributed by atoms with Crippen molar-refractivity contribution in [3.05, 3.63) is 16.1 Å². The summed E-state index contributed by atoms with van der Waals surface area (Å²) in [6.45, 7) is 2.65. The van der Waals surface area contributed by atoms with Gasteiger partial charge < -0.3 is 5.32 Å². The van der Waals surface area contributed by atoms with Gasteiger partial charge in [0.25, 0.3) is 5.91 Å². The Labute approximate surface area is 131 Å². The lowest BCUT2D eigenvalue weighted by Gasteiger charge is -2.31. The number of H-pyrrole nitrogens is 1. The van der Waals surface area contributed by atoms with Crippen molar-refractivity contribution < 1.29 is 4.79 Å². The van der Waals surface area contributed by atoms with E-state index in [1.165, 1.54) is 0 Å². The first-order valence-electron chi connectivity index (χ1n) is 5.91. The second-order valence-corrected chi connectivity index (χ2v) is 8.07. The van der Waals surface area contributed by atoms with Crippen molar-refractivity contribution >= 4 is 51.0 Å². The first-order valence-corrected chi connectivity index (χ1v) is 7.97. The van der Waals surface area contributed by atoms with Gasteiger partial charge in [-0.1, -0.05) is 22.6 Å². The zero-order valence-corrected chi connectivity index (χ0v) is 13.5. The first kappa shape index (κ1) is 13.8. The molecule has 0 bridgehead atoms. The number of carbonyl (C=O) groups excluding carboxylic acids is 1. The Morgan fingerprint density at radius 3 is 2.85 bits per heavy atom. The Morgan fingerprint density at radius 2 is 2.25 bits per heavy atom. The number of nitrogens with zero attached hydrogens (tertiary/aromatic N) is 4. The number of nitrogens with one attached hydrogen (secondary N) is 2. The predicted octanol–water partition coefficient (Wildman–Crippen LogP) is -0.00610. The van der Waals surface area contributed by atoms with Crippen molar-refractivity contribution in [3.63, 3.8) is 0 Å². The van der Waals surface area contributed by atoms with E-state index in [1.807, 2.05) is 6.92 Å². The van der Waals surface area contributed by atoms with Crippen LogP contribution in [0.1, 0.15) is 13.3 Å². The second kappa shape index (κ2) is 4.98. The molecule has 3 rings (SSSR count). The molecule has 1 aromatic rings. The molecule has 0 fully saturated rings. The minimum Gasteiger partial charge on any atom is -0.336 e. The first-order chi connectivity index (χ1) is 9.48. The molecular formula is C10H11IN6O2S. The van der Waals surface area contributed by atoms with Gasteiger partial charge in [0.1, 0.15) is 5.70 Å². The van der Waals surface area contributed by atoms with E-state index in [9.17, 15) is 9.59 Å². The summed E-state index contributed by atoms with van der Waals surface area (Å²) in [7, 11) is 0. The highest BCUT2D eigenvalue weighted by molar-refractivity contribution is 14.1. The summed E-state index contributed by atoms with van der Waals surface area (Å²) in [5.74, 6) is 0.550. The summed E-state index contributed by atoms with van der Waals surface area (Å²) in [5, 5.41) is 13.0. The van der Waals surface area contributed by atoms with Crippen LogP contribution >= 0.6 is 34.4 Å². The Bertz CT molecular complexity index is 688. The van der Waals surface area contributed by atoms with Gasteiger partial charge in [-0.05, 0) is 17.4 Å². The van der Waals surface area contributed by atoms with E-state index in [4.69, 9.17) is 0 Å². The molecule has 106 valence electrons. The monoisotopic (exact) mass is 406 g/mol. The molecule has 1 aromatic heterocycles. The number of halogens is 1. The van der Waals surface area contributed by atoms with Crippen molar-refractivity contribution in [1.29, 1.82) is 0 Å². The maximum Gasteiger partial charge on any atom is 0.366 e. The average Bonchev–Trinajstić information content (AvgIpc) is 2.98. The number of thioether (sulfide) groups is 1.